The maximum Gasteiger partial charge on any atom is 0.186 e. The Balaban J connectivity index is 2.11. The number of hydrogen-bond donors (Lipinski definition) is 0. The number of aryl methyl sites for hydroxylation is 2. The van der Waals surface area contributed by atoms with Gasteiger partial charge in [0.05, 0.1) is 17.8 Å². The Bertz CT molecular complexity index is 582. The summed E-state index contributed by atoms with van der Waals surface area (Å²) < 4.78 is 3.54. The van der Waals surface area contributed by atoms with Crippen LogP contribution in [0.15, 0.2) is 18.3 Å². The summed E-state index contributed by atoms with van der Waals surface area (Å²) in [7, 11) is 1.79. The van der Waals surface area contributed by atoms with Crippen molar-refractivity contribution in [2.75, 3.05) is 0 Å². The molecule has 0 spiro atoms. The number of carbonyl (C=O) groups excluding carboxylic acids is 1. The molecule has 0 saturated heterocycles. The van der Waals surface area contributed by atoms with Crippen molar-refractivity contribution in [3.8, 4) is 0 Å². The minimum atomic E-state index is 0.0532. The topological polar surface area (TPSA) is 52.7 Å². The van der Waals surface area contributed by atoms with Gasteiger partial charge in [0.25, 0.3) is 0 Å². The van der Waals surface area contributed by atoms with Crippen LogP contribution < -0.4 is 0 Å². The summed E-state index contributed by atoms with van der Waals surface area (Å²) in [6, 6.07) is 4.09. The number of aromatic nitrogens is 4. The molecule has 1 unspecified atom stereocenters. The van der Waals surface area contributed by atoms with Crippen molar-refractivity contribution in [3.63, 3.8) is 0 Å². The van der Waals surface area contributed by atoms with E-state index in [0.29, 0.717) is 18.2 Å². The van der Waals surface area contributed by atoms with E-state index < -0.39 is 0 Å². The molecule has 0 radical (unpaired) electrons. The molecular weight excluding hydrogens is 240 g/mol. The zero-order valence-corrected chi connectivity index (χ0v) is 11.9. The molecule has 2 aromatic rings. The first-order valence-electron chi connectivity index (χ1n) is 6.59. The lowest BCUT2D eigenvalue weighted by atomic mass is 10.1. The second kappa shape index (κ2) is 5.38. The van der Waals surface area contributed by atoms with Crippen LogP contribution in [-0.2, 0) is 13.5 Å². The fourth-order valence-corrected chi connectivity index (χ4v) is 2.03. The molecule has 2 rings (SSSR count). The van der Waals surface area contributed by atoms with Gasteiger partial charge in [0, 0.05) is 19.3 Å². The highest BCUT2D eigenvalue weighted by atomic mass is 16.1. The van der Waals surface area contributed by atoms with Crippen LogP contribution in [0.5, 0.6) is 0 Å². The lowest BCUT2D eigenvalue weighted by Gasteiger charge is -2.08. The van der Waals surface area contributed by atoms with Crippen molar-refractivity contribution in [2.24, 2.45) is 7.05 Å². The average molecular weight is 260 g/mol. The Morgan fingerprint density at radius 2 is 2.16 bits per heavy atom. The van der Waals surface area contributed by atoms with Gasteiger partial charge in [-0.2, -0.15) is 10.2 Å². The van der Waals surface area contributed by atoms with Crippen LogP contribution in [0, 0.1) is 6.92 Å². The Hall–Kier alpha value is -1.91. The van der Waals surface area contributed by atoms with Gasteiger partial charge in [0.2, 0.25) is 0 Å². The zero-order chi connectivity index (χ0) is 14.0. The van der Waals surface area contributed by atoms with E-state index in [0.717, 1.165) is 17.8 Å². The highest BCUT2D eigenvalue weighted by Gasteiger charge is 2.14. The molecule has 19 heavy (non-hydrogen) atoms. The van der Waals surface area contributed by atoms with E-state index in [-0.39, 0.29) is 5.78 Å². The smallest absolute Gasteiger partial charge is 0.186 e. The Morgan fingerprint density at radius 3 is 2.74 bits per heavy atom. The molecule has 2 aromatic heterocycles. The molecule has 0 bridgehead atoms. The lowest BCUT2D eigenvalue weighted by Crippen LogP contribution is -2.11. The molecule has 0 aliphatic rings. The summed E-state index contributed by atoms with van der Waals surface area (Å²) in [5, 5.41) is 8.64. The molecule has 0 fully saturated rings. The second-order valence-corrected chi connectivity index (χ2v) is 4.94. The van der Waals surface area contributed by atoms with Gasteiger partial charge in [-0.3, -0.25) is 14.2 Å². The minimum Gasteiger partial charge on any atom is -0.292 e. The van der Waals surface area contributed by atoms with E-state index >= 15 is 0 Å². The first-order valence-corrected chi connectivity index (χ1v) is 6.59. The summed E-state index contributed by atoms with van der Waals surface area (Å²) in [4.78, 5) is 12.2. The SMILES string of the molecule is CCC(C)n1ccc(CC(=O)c2cc(C)nn2C)n1. The first-order chi connectivity index (χ1) is 9.01. The highest BCUT2D eigenvalue weighted by molar-refractivity contribution is 5.95. The largest absolute Gasteiger partial charge is 0.292 e. The zero-order valence-electron chi connectivity index (χ0n) is 11.9. The predicted molar refractivity (Wildman–Crippen MR) is 73.2 cm³/mol. The molecule has 1 atom stereocenters. The van der Waals surface area contributed by atoms with E-state index in [1.54, 1.807) is 11.7 Å². The lowest BCUT2D eigenvalue weighted by molar-refractivity contribution is 0.0982. The third kappa shape index (κ3) is 2.92. The number of nitrogens with zero attached hydrogens (tertiary/aromatic N) is 4. The monoisotopic (exact) mass is 260 g/mol. The minimum absolute atomic E-state index is 0.0532. The molecule has 5 nitrogen and oxygen atoms in total. The summed E-state index contributed by atoms with van der Waals surface area (Å²) in [5.74, 6) is 0.0532. The number of hydrogen-bond acceptors (Lipinski definition) is 3. The van der Waals surface area contributed by atoms with Crippen molar-refractivity contribution in [1.82, 2.24) is 19.6 Å². The molecule has 5 heteroatoms. The van der Waals surface area contributed by atoms with Crippen LogP contribution in [0.1, 0.15) is 48.2 Å². The van der Waals surface area contributed by atoms with Gasteiger partial charge >= 0.3 is 0 Å². The number of carbonyl (C=O) groups is 1. The van der Waals surface area contributed by atoms with Crippen molar-refractivity contribution >= 4 is 5.78 Å². The normalized spacial score (nSPS) is 12.6. The molecule has 0 saturated carbocycles. The van der Waals surface area contributed by atoms with Gasteiger partial charge in [-0.15, -0.1) is 0 Å². The number of Topliss-reactive ketones (excluding diaryl/α,β-unsaturated/α-hetero) is 1. The van der Waals surface area contributed by atoms with Crippen molar-refractivity contribution in [1.29, 1.82) is 0 Å². The van der Waals surface area contributed by atoms with Crippen LogP contribution in [0.25, 0.3) is 0 Å². The average Bonchev–Trinajstić information content (AvgIpc) is 2.95. The van der Waals surface area contributed by atoms with Crippen molar-refractivity contribution in [3.05, 3.63) is 35.4 Å². The third-order valence-electron chi connectivity index (χ3n) is 3.34. The molecule has 2 heterocycles. The van der Waals surface area contributed by atoms with Gasteiger partial charge < -0.3 is 0 Å². The maximum absolute atomic E-state index is 12.2. The van der Waals surface area contributed by atoms with Gasteiger partial charge in [-0.25, -0.2) is 0 Å². The van der Waals surface area contributed by atoms with Crippen LogP contribution in [0.2, 0.25) is 0 Å². The third-order valence-corrected chi connectivity index (χ3v) is 3.34. The molecule has 0 N–H and O–H groups in total. The number of rotatable bonds is 5. The van der Waals surface area contributed by atoms with E-state index in [1.165, 1.54) is 0 Å². The van der Waals surface area contributed by atoms with Gasteiger partial charge in [0.15, 0.2) is 5.78 Å². The van der Waals surface area contributed by atoms with Gasteiger partial charge in [-0.1, -0.05) is 6.92 Å². The molecule has 0 aromatic carbocycles. The first kappa shape index (κ1) is 13.5. The fraction of sp³-hybridized carbons (Fsp3) is 0.500. The maximum atomic E-state index is 12.2. The fourth-order valence-electron chi connectivity index (χ4n) is 2.03. The highest BCUT2D eigenvalue weighted by Crippen LogP contribution is 2.11. The molecule has 0 aliphatic carbocycles. The predicted octanol–water partition coefficient (Wildman–Crippen LogP) is 2.32. The molecule has 0 aliphatic heterocycles. The Kier molecular flexibility index (Phi) is 3.83. The van der Waals surface area contributed by atoms with E-state index in [1.807, 2.05) is 29.9 Å². The Morgan fingerprint density at radius 1 is 1.42 bits per heavy atom. The van der Waals surface area contributed by atoms with Crippen LogP contribution >= 0.6 is 0 Å². The van der Waals surface area contributed by atoms with Gasteiger partial charge in [-0.05, 0) is 32.4 Å². The van der Waals surface area contributed by atoms with Gasteiger partial charge in [0.1, 0.15) is 5.69 Å². The summed E-state index contributed by atoms with van der Waals surface area (Å²) in [6.07, 6.45) is 3.28. The van der Waals surface area contributed by atoms with E-state index in [2.05, 4.69) is 24.0 Å². The summed E-state index contributed by atoms with van der Waals surface area (Å²) in [5.41, 5.74) is 2.30. The second-order valence-electron chi connectivity index (χ2n) is 4.94. The summed E-state index contributed by atoms with van der Waals surface area (Å²) >= 11 is 0. The van der Waals surface area contributed by atoms with Crippen molar-refractivity contribution in [2.45, 2.75) is 39.7 Å². The quantitative estimate of drug-likeness (QED) is 0.775. The molecule has 102 valence electrons. The van der Waals surface area contributed by atoms with E-state index in [9.17, 15) is 4.79 Å². The molecular formula is C14H20N4O. The van der Waals surface area contributed by atoms with Crippen LogP contribution in [-0.4, -0.2) is 25.3 Å². The number of ketones is 1. The van der Waals surface area contributed by atoms with Crippen LogP contribution in [0.4, 0.5) is 0 Å². The molecule has 0 amide bonds. The van der Waals surface area contributed by atoms with Crippen molar-refractivity contribution < 1.29 is 4.79 Å². The standard InChI is InChI=1S/C14H20N4O/c1-5-11(3)18-7-6-12(16-18)9-14(19)13-8-10(2)15-17(13)4/h6-8,11H,5,9H2,1-4H3. The van der Waals surface area contributed by atoms with E-state index in [4.69, 9.17) is 0 Å². The van der Waals surface area contributed by atoms with Crippen LogP contribution in [0.3, 0.4) is 0 Å². The summed E-state index contributed by atoms with van der Waals surface area (Å²) in [6.45, 7) is 6.12. The Labute approximate surface area is 113 Å².